The van der Waals surface area contributed by atoms with Crippen LogP contribution in [0.1, 0.15) is 18.4 Å². The zero-order valence-corrected chi connectivity index (χ0v) is 10.9. The van der Waals surface area contributed by atoms with Gasteiger partial charge >= 0.3 is 0 Å². The van der Waals surface area contributed by atoms with Crippen LogP contribution in [0.25, 0.3) is 0 Å². The minimum Gasteiger partial charge on any atom is -0.398 e. The highest BCUT2D eigenvalue weighted by Gasteiger charge is 2.39. The van der Waals surface area contributed by atoms with Gasteiger partial charge in [0, 0.05) is 43.7 Å². The molecular formula is C14H19FN2O2. The molecule has 4 nitrogen and oxygen atoms in total. The Morgan fingerprint density at radius 3 is 2.53 bits per heavy atom. The minimum atomic E-state index is -0.378. The molecule has 0 amide bonds. The number of halogens is 1. The smallest absolute Gasteiger partial charge is 0.170 e. The fourth-order valence-electron chi connectivity index (χ4n) is 2.80. The van der Waals surface area contributed by atoms with Gasteiger partial charge in [-0.05, 0) is 12.1 Å². The van der Waals surface area contributed by atoms with Gasteiger partial charge in [0.2, 0.25) is 0 Å². The van der Waals surface area contributed by atoms with Gasteiger partial charge in [-0.15, -0.1) is 0 Å². The van der Waals surface area contributed by atoms with Gasteiger partial charge in [-0.3, -0.25) is 4.90 Å². The van der Waals surface area contributed by atoms with Crippen LogP contribution in [0.2, 0.25) is 0 Å². The first-order chi connectivity index (χ1) is 9.19. The lowest BCUT2D eigenvalue weighted by Gasteiger charge is -2.37. The van der Waals surface area contributed by atoms with Crippen molar-refractivity contribution in [1.29, 1.82) is 0 Å². The van der Waals surface area contributed by atoms with E-state index in [1.54, 1.807) is 12.1 Å². The molecule has 104 valence electrons. The van der Waals surface area contributed by atoms with Gasteiger partial charge in [0.05, 0.1) is 13.2 Å². The van der Waals surface area contributed by atoms with Crippen LogP contribution in [-0.4, -0.2) is 37.0 Å². The fraction of sp³-hybridized carbons (Fsp3) is 0.571. The molecule has 0 aromatic heterocycles. The van der Waals surface area contributed by atoms with Crippen LogP contribution < -0.4 is 5.73 Å². The standard InChI is InChI=1S/C14H19FN2O2/c15-12-2-1-3-13(16)11(12)10-17-6-4-14(5-7-17)18-8-9-19-14/h1-3H,4-10,16H2. The normalized spacial score (nSPS) is 23.0. The molecule has 2 aliphatic rings. The summed E-state index contributed by atoms with van der Waals surface area (Å²) >= 11 is 0. The lowest BCUT2D eigenvalue weighted by atomic mass is 10.0. The van der Waals surface area contributed by atoms with Gasteiger partial charge < -0.3 is 15.2 Å². The molecule has 0 radical (unpaired) electrons. The monoisotopic (exact) mass is 266 g/mol. The SMILES string of the molecule is Nc1cccc(F)c1CN1CCC2(CC1)OCCO2. The van der Waals surface area contributed by atoms with Crippen LogP contribution in [0.4, 0.5) is 10.1 Å². The average molecular weight is 266 g/mol. The molecule has 1 spiro atoms. The van der Waals surface area contributed by atoms with Crippen LogP contribution in [0, 0.1) is 5.82 Å². The zero-order chi connectivity index (χ0) is 13.3. The summed E-state index contributed by atoms with van der Waals surface area (Å²) in [7, 11) is 0. The third-order valence-electron chi connectivity index (χ3n) is 3.97. The number of benzene rings is 1. The van der Waals surface area contributed by atoms with Crippen LogP contribution in [0.3, 0.4) is 0 Å². The second kappa shape index (κ2) is 5.07. The molecule has 0 bridgehead atoms. The molecule has 0 aliphatic carbocycles. The summed E-state index contributed by atoms with van der Waals surface area (Å²) in [4.78, 5) is 2.20. The molecule has 2 N–H and O–H groups in total. The second-order valence-corrected chi connectivity index (χ2v) is 5.19. The van der Waals surface area contributed by atoms with E-state index in [9.17, 15) is 4.39 Å². The maximum Gasteiger partial charge on any atom is 0.170 e. The van der Waals surface area contributed by atoms with Gasteiger partial charge in [0.15, 0.2) is 5.79 Å². The lowest BCUT2D eigenvalue weighted by molar-refractivity contribution is -0.185. The van der Waals surface area contributed by atoms with Crippen molar-refractivity contribution in [1.82, 2.24) is 4.90 Å². The molecule has 1 aromatic rings. The van der Waals surface area contributed by atoms with Crippen LogP contribution >= 0.6 is 0 Å². The van der Waals surface area contributed by atoms with Crippen molar-refractivity contribution < 1.29 is 13.9 Å². The lowest BCUT2D eigenvalue weighted by Crippen LogP contribution is -2.44. The molecule has 3 rings (SSSR count). The van der Waals surface area contributed by atoms with E-state index < -0.39 is 0 Å². The molecule has 0 atom stereocenters. The first-order valence-corrected chi connectivity index (χ1v) is 6.72. The van der Waals surface area contributed by atoms with Crippen LogP contribution in [-0.2, 0) is 16.0 Å². The number of rotatable bonds is 2. The Kier molecular flexibility index (Phi) is 3.43. The predicted molar refractivity (Wildman–Crippen MR) is 70.0 cm³/mol. The topological polar surface area (TPSA) is 47.7 Å². The molecule has 2 aliphatic heterocycles. The molecule has 0 unspecified atom stereocenters. The Hall–Kier alpha value is -1.17. The van der Waals surface area contributed by atoms with Crippen LogP contribution in [0.15, 0.2) is 18.2 Å². The van der Waals surface area contributed by atoms with E-state index >= 15 is 0 Å². The average Bonchev–Trinajstić information content (AvgIpc) is 2.85. The molecule has 2 saturated heterocycles. The minimum absolute atomic E-state index is 0.228. The number of anilines is 1. The molecule has 2 heterocycles. The molecular weight excluding hydrogens is 247 g/mol. The number of hydrogen-bond acceptors (Lipinski definition) is 4. The van der Waals surface area contributed by atoms with Gasteiger partial charge in [0.25, 0.3) is 0 Å². The highest BCUT2D eigenvalue weighted by molar-refractivity contribution is 5.47. The number of piperidine rings is 1. The van der Waals surface area contributed by atoms with Gasteiger partial charge in [0.1, 0.15) is 5.82 Å². The Labute approximate surface area is 112 Å². The number of ether oxygens (including phenoxy) is 2. The third kappa shape index (κ3) is 2.59. The molecule has 0 saturated carbocycles. The Bertz CT molecular complexity index is 431. The van der Waals surface area contributed by atoms with Gasteiger partial charge in [-0.25, -0.2) is 4.39 Å². The number of nitrogen functional groups attached to an aromatic ring is 1. The summed E-state index contributed by atoms with van der Waals surface area (Å²) in [5.41, 5.74) is 6.95. The van der Waals surface area contributed by atoms with E-state index in [2.05, 4.69) is 4.90 Å². The summed E-state index contributed by atoms with van der Waals surface area (Å²) in [6.45, 7) is 3.59. The fourth-order valence-corrected chi connectivity index (χ4v) is 2.80. The quantitative estimate of drug-likeness (QED) is 0.828. The third-order valence-corrected chi connectivity index (χ3v) is 3.97. The van der Waals surface area contributed by atoms with Crippen LogP contribution in [0.5, 0.6) is 0 Å². The van der Waals surface area contributed by atoms with E-state index in [0.717, 1.165) is 25.9 Å². The Morgan fingerprint density at radius 1 is 1.21 bits per heavy atom. The van der Waals surface area contributed by atoms with E-state index in [-0.39, 0.29) is 11.6 Å². The Morgan fingerprint density at radius 2 is 1.89 bits per heavy atom. The van der Waals surface area contributed by atoms with Gasteiger partial charge in [-0.2, -0.15) is 0 Å². The molecule has 1 aromatic carbocycles. The van der Waals surface area contributed by atoms with Crippen molar-refractivity contribution in [2.45, 2.75) is 25.2 Å². The summed E-state index contributed by atoms with van der Waals surface area (Å²) in [5, 5.41) is 0. The maximum atomic E-state index is 13.7. The van der Waals surface area contributed by atoms with Crippen molar-refractivity contribution >= 4 is 5.69 Å². The number of likely N-dealkylation sites (tertiary alicyclic amines) is 1. The van der Waals surface area contributed by atoms with Crippen molar-refractivity contribution in [3.05, 3.63) is 29.6 Å². The number of hydrogen-bond donors (Lipinski definition) is 1. The van der Waals surface area contributed by atoms with E-state index in [1.165, 1.54) is 6.07 Å². The zero-order valence-electron chi connectivity index (χ0n) is 10.9. The summed E-state index contributed by atoms with van der Waals surface area (Å²) in [6, 6.07) is 4.84. The highest BCUT2D eigenvalue weighted by atomic mass is 19.1. The summed E-state index contributed by atoms with van der Waals surface area (Å²) < 4.78 is 25.1. The Balaban J connectivity index is 1.63. The first-order valence-electron chi connectivity index (χ1n) is 6.72. The molecule has 5 heteroatoms. The van der Waals surface area contributed by atoms with E-state index in [1.807, 2.05) is 0 Å². The molecule has 19 heavy (non-hydrogen) atoms. The highest BCUT2D eigenvalue weighted by Crippen LogP contribution is 2.32. The van der Waals surface area contributed by atoms with Crippen molar-refractivity contribution in [3.63, 3.8) is 0 Å². The van der Waals surface area contributed by atoms with Crippen molar-refractivity contribution in [3.8, 4) is 0 Å². The first kappa shape index (κ1) is 12.8. The maximum absolute atomic E-state index is 13.7. The largest absolute Gasteiger partial charge is 0.398 e. The number of nitrogens with zero attached hydrogens (tertiary/aromatic N) is 1. The second-order valence-electron chi connectivity index (χ2n) is 5.19. The molecule has 2 fully saturated rings. The van der Waals surface area contributed by atoms with Crippen molar-refractivity contribution in [2.75, 3.05) is 32.0 Å². The number of nitrogens with two attached hydrogens (primary N) is 1. The summed E-state index contributed by atoms with van der Waals surface area (Å²) in [5.74, 6) is -0.606. The van der Waals surface area contributed by atoms with Crippen molar-refractivity contribution in [2.24, 2.45) is 0 Å². The van der Waals surface area contributed by atoms with E-state index in [4.69, 9.17) is 15.2 Å². The van der Waals surface area contributed by atoms with E-state index in [0.29, 0.717) is 31.0 Å². The van der Waals surface area contributed by atoms with Gasteiger partial charge in [-0.1, -0.05) is 6.07 Å². The predicted octanol–water partition coefficient (Wildman–Crippen LogP) is 1.75. The summed E-state index contributed by atoms with van der Waals surface area (Å²) in [6.07, 6.45) is 1.67.